The molecular formula is C20H25N3O2. The second kappa shape index (κ2) is 8.42. The number of rotatable bonds is 7. The lowest BCUT2D eigenvalue weighted by atomic mass is 10.1. The minimum Gasteiger partial charge on any atom is -0.497 e. The van der Waals surface area contributed by atoms with E-state index >= 15 is 0 Å². The van der Waals surface area contributed by atoms with E-state index in [2.05, 4.69) is 27.8 Å². The van der Waals surface area contributed by atoms with Gasteiger partial charge < -0.3 is 20.1 Å². The summed E-state index contributed by atoms with van der Waals surface area (Å²) in [6.45, 7) is 0.852. The fourth-order valence-corrected chi connectivity index (χ4v) is 2.44. The van der Waals surface area contributed by atoms with Gasteiger partial charge in [0.05, 0.1) is 7.11 Å². The molecule has 0 radical (unpaired) electrons. The summed E-state index contributed by atoms with van der Waals surface area (Å²) in [5.41, 5.74) is 1.26. The van der Waals surface area contributed by atoms with Crippen LogP contribution < -0.4 is 20.1 Å². The molecule has 0 unspecified atom stereocenters. The molecule has 2 aromatic rings. The van der Waals surface area contributed by atoms with Crippen LogP contribution in [0.4, 0.5) is 0 Å². The Kier molecular flexibility index (Phi) is 5.77. The molecule has 0 spiro atoms. The van der Waals surface area contributed by atoms with Crippen LogP contribution in [-0.4, -0.2) is 32.7 Å². The number of hydrogen-bond acceptors (Lipinski definition) is 3. The first kappa shape index (κ1) is 17.1. The zero-order valence-electron chi connectivity index (χ0n) is 14.8. The van der Waals surface area contributed by atoms with Crippen molar-refractivity contribution in [3.8, 4) is 17.2 Å². The van der Waals surface area contributed by atoms with E-state index in [0.717, 1.165) is 36.2 Å². The van der Waals surface area contributed by atoms with Crippen molar-refractivity contribution < 1.29 is 9.47 Å². The topological polar surface area (TPSA) is 54.9 Å². The molecule has 132 valence electrons. The molecule has 1 aliphatic carbocycles. The predicted octanol–water partition coefficient (Wildman–Crippen LogP) is 3.36. The molecule has 2 aromatic carbocycles. The molecule has 0 aliphatic heterocycles. The molecule has 1 aliphatic rings. The molecule has 0 atom stereocenters. The van der Waals surface area contributed by atoms with Crippen LogP contribution in [0.5, 0.6) is 17.2 Å². The van der Waals surface area contributed by atoms with Gasteiger partial charge in [0.2, 0.25) is 0 Å². The first-order valence-corrected chi connectivity index (χ1v) is 8.65. The molecule has 25 heavy (non-hydrogen) atoms. The summed E-state index contributed by atoms with van der Waals surface area (Å²) in [7, 11) is 3.46. The highest BCUT2D eigenvalue weighted by molar-refractivity contribution is 5.80. The fourth-order valence-electron chi connectivity index (χ4n) is 2.44. The molecule has 0 heterocycles. The SMILES string of the molecule is CN=C(NCCc1ccc(Oc2ccc(OC)cc2)cc1)NC1CC1. The third kappa shape index (κ3) is 5.41. The van der Waals surface area contributed by atoms with Crippen molar-refractivity contribution in [3.63, 3.8) is 0 Å². The smallest absolute Gasteiger partial charge is 0.191 e. The Morgan fingerprint density at radius 1 is 1.00 bits per heavy atom. The van der Waals surface area contributed by atoms with E-state index in [4.69, 9.17) is 9.47 Å². The Bertz CT molecular complexity index is 692. The number of benzene rings is 2. The zero-order valence-corrected chi connectivity index (χ0v) is 14.8. The minimum atomic E-state index is 0.612. The van der Waals surface area contributed by atoms with Crippen LogP contribution in [-0.2, 0) is 6.42 Å². The van der Waals surface area contributed by atoms with Gasteiger partial charge in [-0.25, -0.2) is 0 Å². The maximum atomic E-state index is 5.84. The summed E-state index contributed by atoms with van der Waals surface area (Å²) in [4.78, 5) is 4.24. The van der Waals surface area contributed by atoms with Crippen molar-refractivity contribution in [2.24, 2.45) is 4.99 Å². The number of ether oxygens (including phenoxy) is 2. The maximum absolute atomic E-state index is 5.84. The number of nitrogens with zero attached hydrogens (tertiary/aromatic N) is 1. The van der Waals surface area contributed by atoms with Gasteiger partial charge in [-0.3, -0.25) is 4.99 Å². The standard InChI is InChI=1S/C20H25N3O2/c1-21-20(23-16-5-6-16)22-14-13-15-3-7-18(8-4-15)25-19-11-9-17(24-2)10-12-19/h3-4,7-12,16H,5-6,13-14H2,1-2H3,(H2,21,22,23). The lowest BCUT2D eigenvalue weighted by molar-refractivity contribution is 0.413. The number of methoxy groups -OCH3 is 1. The third-order valence-electron chi connectivity index (χ3n) is 4.07. The van der Waals surface area contributed by atoms with Gasteiger partial charge >= 0.3 is 0 Å². The second-order valence-electron chi connectivity index (χ2n) is 6.09. The molecule has 0 bridgehead atoms. The first-order valence-electron chi connectivity index (χ1n) is 8.65. The minimum absolute atomic E-state index is 0.612. The number of aliphatic imine (C=N–C) groups is 1. The Morgan fingerprint density at radius 2 is 1.60 bits per heavy atom. The van der Waals surface area contributed by atoms with Crippen molar-refractivity contribution >= 4 is 5.96 Å². The van der Waals surface area contributed by atoms with E-state index in [1.807, 2.05) is 43.4 Å². The highest BCUT2D eigenvalue weighted by atomic mass is 16.5. The van der Waals surface area contributed by atoms with E-state index in [1.54, 1.807) is 7.11 Å². The molecule has 1 saturated carbocycles. The molecule has 1 fully saturated rings. The van der Waals surface area contributed by atoms with Crippen molar-refractivity contribution in [1.82, 2.24) is 10.6 Å². The zero-order chi connectivity index (χ0) is 17.5. The average Bonchev–Trinajstić information content (AvgIpc) is 3.47. The van der Waals surface area contributed by atoms with Crippen LogP contribution >= 0.6 is 0 Å². The van der Waals surface area contributed by atoms with Crippen LogP contribution in [0.1, 0.15) is 18.4 Å². The molecule has 0 aromatic heterocycles. The lowest BCUT2D eigenvalue weighted by Crippen LogP contribution is -2.39. The average molecular weight is 339 g/mol. The van der Waals surface area contributed by atoms with Crippen molar-refractivity contribution in [2.75, 3.05) is 20.7 Å². The van der Waals surface area contributed by atoms with E-state index in [0.29, 0.717) is 6.04 Å². The molecule has 3 rings (SSSR count). The molecule has 5 heteroatoms. The van der Waals surface area contributed by atoms with E-state index in [9.17, 15) is 0 Å². The highest BCUT2D eigenvalue weighted by Gasteiger charge is 2.21. The lowest BCUT2D eigenvalue weighted by Gasteiger charge is -2.11. The normalized spacial score (nSPS) is 14.1. The Labute approximate surface area is 149 Å². The summed E-state index contributed by atoms with van der Waals surface area (Å²) in [6.07, 6.45) is 3.43. The van der Waals surface area contributed by atoms with Gasteiger partial charge in [0.15, 0.2) is 5.96 Å². The summed E-state index contributed by atoms with van der Waals surface area (Å²) in [6, 6.07) is 16.4. The quantitative estimate of drug-likeness (QED) is 0.600. The van der Waals surface area contributed by atoms with Crippen LogP contribution in [0.25, 0.3) is 0 Å². The van der Waals surface area contributed by atoms with Crippen LogP contribution in [0.2, 0.25) is 0 Å². The predicted molar refractivity (Wildman–Crippen MR) is 101 cm³/mol. The van der Waals surface area contributed by atoms with Crippen molar-refractivity contribution in [3.05, 3.63) is 54.1 Å². The van der Waals surface area contributed by atoms with Gasteiger partial charge in [0.25, 0.3) is 0 Å². The number of hydrogen-bond donors (Lipinski definition) is 2. The Balaban J connectivity index is 1.46. The first-order chi connectivity index (χ1) is 12.3. The van der Waals surface area contributed by atoms with Gasteiger partial charge in [-0.05, 0) is 61.2 Å². The summed E-state index contributed by atoms with van der Waals surface area (Å²) in [5.74, 6) is 3.33. The van der Waals surface area contributed by atoms with Gasteiger partial charge in [0.1, 0.15) is 17.2 Å². The van der Waals surface area contributed by atoms with Crippen molar-refractivity contribution in [1.29, 1.82) is 0 Å². The summed E-state index contributed by atoms with van der Waals surface area (Å²) >= 11 is 0. The largest absolute Gasteiger partial charge is 0.497 e. The van der Waals surface area contributed by atoms with Gasteiger partial charge in [-0.2, -0.15) is 0 Å². The Hall–Kier alpha value is -2.69. The monoisotopic (exact) mass is 339 g/mol. The van der Waals surface area contributed by atoms with E-state index in [-0.39, 0.29) is 0 Å². The summed E-state index contributed by atoms with van der Waals surface area (Å²) in [5, 5.41) is 6.73. The van der Waals surface area contributed by atoms with E-state index < -0.39 is 0 Å². The highest BCUT2D eigenvalue weighted by Crippen LogP contribution is 2.24. The van der Waals surface area contributed by atoms with Crippen LogP contribution in [0.3, 0.4) is 0 Å². The van der Waals surface area contributed by atoms with Gasteiger partial charge in [-0.1, -0.05) is 12.1 Å². The Morgan fingerprint density at radius 3 is 2.16 bits per heavy atom. The number of guanidine groups is 1. The molecule has 2 N–H and O–H groups in total. The summed E-state index contributed by atoms with van der Waals surface area (Å²) < 4.78 is 11.0. The van der Waals surface area contributed by atoms with Crippen LogP contribution in [0.15, 0.2) is 53.5 Å². The molecular weight excluding hydrogens is 314 g/mol. The van der Waals surface area contributed by atoms with E-state index in [1.165, 1.54) is 18.4 Å². The van der Waals surface area contributed by atoms with Crippen LogP contribution in [0, 0.1) is 0 Å². The van der Waals surface area contributed by atoms with Gasteiger partial charge in [-0.15, -0.1) is 0 Å². The maximum Gasteiger partial charge on any atom is 0.191 e. The van der Waals surface area contributed by atoms with Gasteiger partial charge in [0, 0.05) is 19.6 Å². The molecule has 0 saturated heterocycles. The second-order valence-corrected chi connectivity index (χ2v) is 6.09. The third-order valence-corrected chi connectivity index (χ3v) is 4.07. The van der Waals surface area contributed by atoms with Crippen molar-refractivity contribution in [2.45, 2.75) is 25.3 Å². The molecule has 0 amide bonds. The fraction of sp³-hybridized carbons (Fsp3) is 0.350. The number of nitrogens with one attached hydrogen (secondary N) is 2. The molecule has 5 nitrogen and oxygen atoms in total.